The third-order valence-electron chi connectivity index (χ3n) is 3.26. The van der Waals surface area contributed by atoms with E-state index in [2.05, 4.69) is 22.0 Å². The molecule has 1 heterocycles. The van der Waals surface area contributed by atoms with Crippen LogP contribution in [0.5, 0.6) is 0 Å². The highest BCUT2D eigenvalue weighted by Gasteiger charge is 2.17. The molecule has 0 amide bonds. The van der Waals surface area contributed by atoms with Gasteiger partial charge < -0.3 is 0 Å². The lowest BCUT2D eigenvalue weighted by Gasteiger charge is -2.04. The number of halogens is 1. The zero-order valence-corrected chi connectivity index (χ0v) is 13.5. The number of carbonyl (C=O) groups is 2. The van der Waals surface area contributed by atoms with Crippen LogP contribution in [0.15, 0.2) is 22.7 Å². The Balaban J connectivity index is 2.31. The molecule has 1 atom stereocenters. The molecule has 0 saturated carbocycles. The van der Waals surface area contributed by atoms with E-state index in [0.29, 0.717) is 6.42 Å². The second-order valence-corrected chi connectivity index (χ2v) is 6.83. The van der Waals surface area contributed by atoms with Crippen LogP contribution in [-0.4, -0.2) is 11.6 Å². The Kier molecular flexibility index (Phi) is 4.21. The zero-order valence-electron chi connectivity index (χ0n) is 11.1. The molecule has 19 heavy (non-hydrogen) atoms. The van der Waals surface area contributed by atoms with Crippen molar-refractivity contribution in [1.29, 1.82) is 0 Å². The van der Waals surface area contributed by atoms with Crippen molar-refractivity contribution in [2.24, 2.45) is 5.92 Å². The fourth-order valence-corrected chi connectivity index (χ4v) is 3.36. The molecule has 0 aliphatic carbocycles. The first-order valence-electron chi connectivity index (χ1n) is 6.12. The van der Waals surface area contributed by atoms with Crippen LogP contribution < -0.4 is 0 Å². The van der Waals surface area contributed by atoms with Crippen molar-refractivity contribution >= 4 is 48.9 Å². The van der Waals surface area contributed by atoms with Gasteiger partial charge in [0.05, 0.1) is 4.88 Å². The Labute approximate surface area is 124 Å². The van der Waals surface area contributed by atoms with Gasteiger partial charge in [0.2, 0.25) is 0 Å². The van der Waals surface area contributed by atoms with Crippen molar-refractivity contribution in [3.63, 3.8) is 0 Å². The van der Waals surface area contributed by atoms with Crippen LogP contribution in [0.2, 0.25) is 0 Å². The second-order valence-electron chi connectivity index (χ2n) is 4.89. The molecule has 4 heteroatoms. The van der Waals surface area contributed by atoms with Gasteiger partial charge in [-0.15, -0.1) is 11.3 Å². The average molecular weight is 339 g/mol. The van der Waals surface area contributed by atoms with Gasteiger partial charge in [-0.2, -0.15) is 0 Å². The van der Waals surface area contributed by atoms with Crippen molar-refractivity contribution in [3.8, 4) is 0 Å². The van der Waals surface area contributed by atoms with Gasteiger partial charge in [-0.3, -0.25) is 9.59 Å². The Bertz CT molecular complexity index is 618. The fraction of sp³-hybridized carbons (Fsp3) is 0.333. The monoisotopic (exact) mass is 338 g/mol. The molecule has 2 rings (SSSR count). The number of fused-ring (bicyclic) bond motifs is 1. The molecule has 0 saturated heterocycles. The predicted molar refractivity (Wildman–Crippen MR) is 83.1 cm³/mol. The van der Waals surface area contributed by atoms with Gasteiger partial charge >= 0.3 is 0 Å². The summed E-state index contributed by atoms with van der Waals surface area (Å²) in [6.45, 7) is 5.36. The van der Waals surface area contributed by atoms with Crippen molar-refractivity contribution in [3.05, 3.63) is 33.1 Å². The maximum absolute atomic E-state index is 12.1. The summed E-state index contributed by atoms with van der Waals surface area (Å²) < 4.78 is 2.15. The molecular formula is C15H15BrO2S. The minimum atomic E-state index is -0.203. The smallest absolute Gasteiger partial charge is 0.173 e. The quantitative estimate of drug-likeness (QED) is 0.752. The van der Waals surface area contributed by atoms with Crippen LogP contribution in [0, 0.1) is 12.8 Å². The number of rotatable bonds is 4. The zero-order chi connectivity index (χ0) is 14.2. The first-order chi connectivity index (χ1) is 8.88. The highest BCUT2D eigenvalue weighted by Crippen LogP contribution is 2.31. The maximum Gasteiger partial charge on any atom is 0.173 e. The Morgan fingerprint density at radius 3 is 2.63 bits per heavy atom. The molecule has 0 spiro atoms. The first kappa shape index (κ1) is 14.4. The molecule has 2 nitrogen and oxygen atoms in total. The molecule has 0 aliphatic rings. The lowest BCUT2D eigenvalue weighted by Crippen LogP contribution is -2.11. The molecule has 0 N–H and O–H groups in total. The summed E-state index contributed by atoms with van der Waals surface area (Å²) in [5.41, 5.74) is 1.15. The molecule has 0 unspecified atom stereocenters. The lowest BCUT2D eigenvalue weighted by molar-refractivity contribution is -0.120. The molecule has 0 radical (unpaired) electrons. The second kappa shape index (κ2) is 5.55. The topological polar surface area (TPSA) is 34.1 Å². The van der Waals surface area contributed by atoms with Gasteiger partial charge in [0.25, 0.3) is 0 Å². The van der Waals surface area contributed by atoms with E-state index < -0.39 is 0 Å². The molecule has 0 fully saturated rings. The standard InChI is InChI=1S/C15H15BrO2S/c1-8(10(3)17)5-13(18)15-6-11-4-9(2)12(16)7-14(11)19-15/h4,6-8H,5H2,1-3H3/t8-/m0/s1. The normalized spacial score (nSPS) is 12.6. The highest BCUT2D eigenvalue weighted by molar-refractivity contribution is 9.10. The number of benzene rings is 1. The first-order valence-corrected chi connectivity index (χ1v) is 7.72. The average Bonchev–Trinajstić information content (AvgIpc) is 2.72. The number of hydrogen-bond acceptors (Lipinski definition) is 3. The van der Waals surface area contributed by atoms with E-state index in [4.69, 9.17) is 0 Å². The third kappa shape index (κ3) is 3.12. The molecule has 100 valence electrons. The summed E-state index contributed by atoms with van der Waals surface area (Å²) in [5.74, 6) is -0.0862. The summed E-state index contributed by atoms with van der Waals surface area (Å²) >= 11 is 4.99. The van der Waals surface area contributed by atoms with Crippen LogP contribution in [0.1, 0.15) is 35.5 Å². The number of hydrogen-bond donors (Lipinski definition) is 0. The van der Waals surface area contributed by atoms with E-state index in [1.165, 1.54) is 18.3 Å². The Hall–Kier alpha value is -1.000. The predicted octanol–water partition coefficient (Wildman–Crippen LogP) is 4.77. The maximum atomic E-state index is 12.1. The van der Waals surface area contributed by atoms with Gasteiger partial charge in [0, 0.05) is 21.5 Å². The molecule has 0 bridgehead atoms. The summed E-state index contributed by atoms with van der Waals surface area (Å²) in [5, 5.41) is 1.09. The van der Waals surface area contributed by atoms with Gasteiger partial charge in [-0.05, 0) is 43.0 Å². The lowest BCUT2D eigenvalue weighted by atomic mass is 10.00. The van der Waals surface area contributed by atoms with Gasteiger partial charge in [0.1, 0.15) is 5.78 Å². The van der Waals surface area contributed by atoms with Crippen LogP contribution in [0.4, 0.5) is 0 Å². The van der Waals surface area contributed by atoms with Crippen LogP contribution in [0.3, 0.4) is 0 Å². The minimum Gasteiger partial charge on any atom is -0.300 e. The van der Waals surface area contributed by atoms with Crippen molar-refractivity contribution in [1.82, 2.24) is 0 Å². The Morgan fingerprint density at radius 2 is 2.00 bits per heavy atom. The number of ketones is 2. The van der Waals surface area contributed by atoms with Gasteiger partial charge in [-0.25, -0.2) is 0 Å². The summed E-state index contributed by atoms with van der Waals surface area (Å²) in [6, 6.07) is 6.04. The number of aryl methyl sites for hydroxylation is 1. The number of carbonyl (C=O) groups excluding carboxylic acids is 2. The highest BCUT2D eigenvalue weighted by atomic mass is 79.9. The third-order valence-corrected chi connectivity index (χ3v) is 5.25. The molecular weight excluding hydrogens is 324 g/mol. The van der Waals surface area contributed by atoms with E-state index in [0.717, 1.165) is 25.0 Å². The van der Waals surface area contributed by atoms with E-state index >= 15 is 0 Å². The number of thiophene rings is 1. The Morgan fingerprint density at radius 1 is 1.32 bits per heavy atom. The van der Waals surface area contributed by atoms with E-state index in [1.54, 1.807) is 6.92 Å². The van der Waals surface area contributed by atoms with Crippen LogP contribution in [-0.2, 0) is 4.79 Å². The fourth-order valence-electron chi connectivity index (χ4n) is 1.84. The SMILES string of the molecule is CC(=O)[C@@H](C)CC(=O)c1cc2cc(C)c(Br)cc2s1. The van der Waals surface area contributed by atoms with Gasteiger partial charge in [-0.1, -0.05) is 22.9 Å². The van der Waals surface area contributed by atoms with Crippen LogP contribution in [0.25, 0.3) is 10.1 Å². The largest absolute Gasteiger partial charge is 0.300 e. The van der Waals surface area contributed by atoms with Crippen molar-refractivity contribution in [2.75, 3.05) is 0 Å². The molecule has 1 aromatic carbocycles. The molecule has 0 aliphatic heterocycles. The van der Waals surface area contributed by atoms with Crippen molar-refractivity contribution in [2.45, 2.75) is 27.2 Å². The van der Waals surface area contributed by atoms with E-state index in [9.17, 15) is 9.59 Å². The molecule has 1 aromatic heterocycles. The van der Waals surface area contributed by atoms with Crippen molar-refractivity contribution < 1.29 is 9.59 Å². The summed E-state index contributed by atoms with van der Waals surface area (Å²) in [6.07, 6.45) is 0.294. The van der Waals surface area contributed by atoms with E-state index in [-0.39, 0.29) is 17.5 Å². The van der Waals surface area contributed by atoms with Crippen LogP contribution >= 0.6 is 27.3 Å². The molecule has 2 aromatic rings. The van der Waals surface area contributed by atoms with E-state index in [1.807, 2.05) is 19.1 Å². The van der Waals surface area contributed by atoms with Gasteiger partial charge in [0.15, 0.2) is 5.78 Å². The number of Topliss-reactive ketones (excluding diaryl/α,β-unsaturated/α-hetero) is 2. The minimum absolute atomic E-state index is 0.0534. The summed E-state index contributed by atoms with van der Waals surface area (Å²) in [7, 11) is 0. The summed E-state index contributed by atoms with van der Waals surface area (Å²) in [4.78, 5) is 24.1.